The number of anilines is 1. The lowest BCUT2D eigenvalue weighted by molar-refractivity contribution is -0.112. The fraction of sp³-hybridized carbons (Fsp3) is 0.261. The first kappa shape index (κ1) is 20.3. The maximum Gasteiger partial charge on any atom is 0.254 e. The number of pyridine rings is 1. The van der Waals surface area contributed by atoms with Gasteiger partial charge in [-0.2, -0.15) is 5.10 Å². The minimum atomic E-state index is -0.208. The van der Waals surface area contributed by atoms with Crippen LogP contribution in [0.5, 0.6) is 5.88 Å². The van der Waals surface area contributed by atoms with Gasteiger partial charge in [-0.3, -0.25) is 14.8 Å². The molecule has 5 rings (SSSR count). The van der Waals surface area contributed by atoms with Gasteiger partial charge in [0, 0.05) is 34.3 Å². The standard InChI is InChI=1S/C23H22N6O2S/c1-4-16(21(30)27-23-28-25-12-32-23)20-17-6-5-7-24-22(17)31-11-15-9-19-14(8-18(15)20)10-26-29(19)13(2)3/h5-10,12-13H,4,11H2,1-3H3,(H,27,28,30). The number of rotatable bonds is 4. The smallest absolute Gasteiger partial charge is 0.254 e. The van der Waals surface area contributed by atoms with Crippen LogP contribution in [0, 0.1) is 0 Å². The third-order valence-electron chi connectivity index (χ3n) is 5.49. The summed E-state index contributed by atoms with van der Waals surface area (Å²) in [4.78, 5) is 17.8. The number of hydrogen-bond donors (Lipinski definition) is 1. The lowest BCUT2D eigenvalue weighted by Gasteiger charge is -2.16. The third-order valence-corrected chi connectivity index (χ3v) is 6.10. The predicted molar refractivity (Wildman–Crippen MR) is 124 cm³/mol. The van der Waals surface area contributed by atoms with Gasteiger partial charge in [0.1, 0.15) is 12.1 Å². The van der Waals surface area contributed by atoms with Crippen LogP contribution in [0.25, 0.3) is 16.5 Å². The maximum absolute atomic E-state index is 13.3. The fourth-order valence-electron chi connectivity index (χ4n) is 4.06. The van der Waals surface area contributed by atoms with Gasteiger partial charge in [-0.1, -0.05) is 18.3 Å². The van der Waals surface area contributed by atoms with Gasteiger partial charge in [0.25, 0.3) is 5.91 Å². The minimum Gasteiger partial charge on any atom is -0.472 e. The van der Waals surface area contributed by atoms with Gasteiger partial charge in [-0.25, -0.2) is 4.98 Å². The molecule has 0 bridgehead atoms. The average Bonchev–Trinajstić information content (AvgIpc) is 3.41. The van der Waals surface area contributed by atoms with Gasteiger partial charge >= 0.3 is 0 Å². The molecule has 1 aliphatic heterocycles. The van der Waals surface area contributed by atoms with Crippen molar-refractivity contribution in [2.24, 2.45) is 0 Å². The minimum absolute atomic E-state index is 0.208. The molecular weight excluding hydrogens is 424 g/mol. The molecule has 0 spiro atoms. The largest absolute Gasteiger partial charge is 0.472 e. The Labute approximate surface area is 189 Å². The summed E-state index contributed by atoms with van der Waals surface area (Å²) in [7, 11) is 0. The van der Waals surface area contributed by atoms with E-state index < -0.39 is 0 Å². The number of aromatic nitrogens is 5. The summed E-state index contributed by atoms with van der Waals surface area (Å²) < 4.78 is 8.08. The van der Waals surface area contributed by atoms with Crippen LogP contribution in [-0.2, 0) is 11.4 Å². The Morgan fingerprint density at radius 1 is 1.31 bits per heavy atom. The molecule has 32 heavy (non-hydrogen) atoms. The second-order valence-corrected chi connectivity index (χ2v) is 8.63. The molecule has 0 unspecified atom stereocenters. The predicted octanol–water partition coefficient (Wildman–Crippen LogP) is 4.61. The average molecular weight is 447 g/mol. The van der Waals surface area contributed by atoms with Gasteiger partial charge in [0.15, 0.2) is 0 Å². The van der Waals surface area contributed by atoms with Gasteiger partial charge < -0.3 is 4.74 Å². The summed E-state index contributed by atoms with van der Waals surface area (Å²) >= 11 is 1.28. The fourth-order valence-corrected chi connectivity index (χ4v) is 4.50. The highest BCUT2D eigenvalue weighted by molar-refractivity contribution is 7.13. The van der Waals surface area contributed by atoms with Crippen molar-refractivity contribution in [2.75, 3.05) is 5.32 Å². The molecular formula is C23H22N6O2S. The molecule has 3 aromatic heterocycles. The van der Waals surface area contributed by atoms with Crippen molar-refractivity contribution in [1.29, 1.82) is 0 Å². The van der Waals surface area contributed by atoms with Crippen molar-refractivity contribution in [1.82, 2.24) is 25.0 Å². The van der Waals surface area contributed by atoms with Crippen LogP contribution >= 0.6 is 11.3 Å². The highest BCUT2D eigenvalue weighted by atomic mass is 32.1. The van der Waals surface area contributed by atoms with Crippen LogP contribution in [0.3, 0.4) is 0 Å². The monoisotopic (exact) mass is 446 g/mol. The Hall–Kier alpha value is -3.59. The van der Waals surface area contributed by atoms with E-state index in [2.05, 4.69) is 51.6 Å². The van der Waals surface area contributed by atoms with Crippen molar-refractivity contribution < 1.29 is 9.53 Å². The van der Waals surface area contributed by atoms with Gasteiger partial charge in [0.2, 0.25) is 11.0 Å². The number of amides is 1. The van der Waals surface area contributed by atoms with E-state index in [-0.39, 0.29) is 11.9 Å². The number of ether oxygens (including phenoxy) is 1. The number of carbonyl (C=O) groups is 1. The van der Waals surface area contributed by atoms with Crippen LogP contribution in [0.1, 0.15) is 49.9 Å². The number of fused-ring (bicyclic) bond motifs is 3. The van der Waals surface area contributed by atoms with Crippen molar-refractivity contribution >= 4 is 38.9 Å². The van der Waals surface area contributed by atoms with E-state index >= 15 is 0 Å². The van der Waals surface area contributed by atoms with E-state index in [1.54, 1.807) is 11.7 Å². The van der Waals surface area contributed by atoms with Crippen LogP contribution in [0.15, 0.2) is 47.7 Å². The van der Waals surface area contributed by atoms with E-state index in [0.717, 1.165) is 33.2 Å². The first-order valence-electron chi connectivity index (χ1n) is 10.5. The van der Waals surface area contributed by atoms with Gasteiger partial charge in [-0.15, -0.1) is 10.2 Å². The Balaban J connectivity index is 1.76. The Morgan fingerprint density at radius 3 is 2.94 bits per heavy atom. The summed E-state index contributed by atoms with van der Waals surface area (Å²) in [6, 6.07) is 8.25. The molecule has 4 heterocycles. The Kier molecular flexibility index (Phi) is 5.18. The molecule has 1 amide bonds. The number of nitrogens with zero attached hydrogens (tertiary/aromatic N) is 5. The second kappa shape index (κ2) is 8.16. The van der Waals surface area contributed by atoms with E-state index in [9.17, 15) is 4.79 Å². The topological polar surface area (TPSA) is 94.8 Å². The molecule has 0 radical (unpaired) electrons. The van der Waals surface area contributed by atoms with Gasteiger partial charge in [0.05, 0.1) is 11.7 Å². The summed E-state index contributed by atoms with van der Waals surface area (Å²) in [5.74, 6) is 0.308. The Bertz CT molecular complexity index is 1340. The molecule has 4 aromatic rings. The highest BCUT2D eigenvalue weighted by Gasteiger charge is 2.27. The highest BCUT2D eigenvalue weighted by Crippen LogP contribution is 2.40. The number of benzene rings is 1. The van der Waals surface area contributed by atoms with Crippen LogP contribution in [-0.4, -0.2) is 30.9 Å². The number of carbonyl (C=O) groups excluding carboxylic acids is 1. The molecule has 162 valence electrons. The quantitative estimate of drug-likeness (QED) is 0.460. The van der Waals surface area contributed by atoms with Crippen molar-refractivity contribution in [3.8, 4) is 5.88 Å². The molecule has 1 aliphatic rings. The molecule has 0 saturated heterocycles. The first-order chi connectivity index (χ1) is 15.6. The van der Waals surface area contributed by atoms with Crippen molar-refractivity contribution in [3.05, 3.63) is 64.4 Å². The molecule has 0 saturated carbocycles. The molecule has 1 aromatic carbocycles. The molecule has 0 aliphatic carbocycles. The third kappa shape index (κ3) is 3.44. The van der Waals surface area contributed by atoms with Crippen LogP contribution in [0.4, 0.5) is 5.13 Å². The molecule has 0 fully saturated rings. The van der Waals surface area contributed by atoms with Crippen LogP contribution < -0.4 is 10.1 Å². The first-order valence-corrected chi connectivity index (χ1v) is 11.3. The second-order valence-electron chi connectivity index (χ2n) is 7.80. The number of nitrogens with one attached hydrogen (secondary N) is 1. The lowest BCUT2D eigenvalue weighted by atomic mass is 9.89. The Morgan fingerprint density at radius 2 is 2.19 bits per heavy atom. The molecule has 8 nitrogen and oxygen atoms in total. The SMILES string of the molecule is CCC(C(=O)Nc1nncs1)=C1c2cc3cnn(C(C)C)c3cc2COc2ncccc21. The summed E-state index contributed by atoms with van der Waals surface area (Å²) in [6.45, 7) is 6.54. The normalized spacial score (nSPS) is 14.5. The molecule has 1 N–H and O–H groups in total. The van der Waals surface area contributed by atoms with E-state index in [4.69, 9.17) is 4.74 Å². The van der Waals surface area contributed by atoms with E-state index in [0.29, 0.717) is 29.6 Å². The zero-order valence-electron chi connectivity index (χ0n) is 18.0. The zero-order valence-corrected chi connectivity index (χ0v) is 18.8. The van der Waals surface area contributed by atoms with E-state index in [1.165, 1.54) is 11.3 Å². The summed E-state index contributed by atoms with van der Waals surface area (Å²) in [5.41, 5.74) is 6.83. The molecule has 0 atom stereocenters. The van der Waals surface area contributed by atoms with Gasteiger partial charge in [-0.05, 0) is 55.7 Å². The lowest BCUT2D eigenvalue weighted by Crippen LogP contribution is -2.16. The van der Waals surface area contributed by atoms with Crippen LogP contribution in [0.2, 0.25) is 0 Å². The number of hydrogen-bond acceptors (Lipinski definition) is 7. The van der Waals surface area contributed by atoms with Crippen molar-refractivity contribution in [3.63, 3.8) is 0 Å². The van der Waals surface area contributed by atoms with Crippen molar-refractivity contribution in [2.45, 2.75) is 39.8 Å². The maximum atomic E-state index is 13.3. The zero-order chi connectivity index (χ0) is 22.2. The summed E-state index contributed by atoms with van der Waals surface area (Å²) in [5, 5.41) is 16.7. The molecule has 9 heteroatoms. The summed E-state index contributed by atoms with van der Waals surface area (Å²) in [6.07, 6.45) is 4.10. The van der Waals surface area contributed by atoms with E-state index in [1.807, 2.05) is 29.9 Å².